The van der Waals surface area contributed by atoms with Crippen molar-refractivity contribution in [1.82, 2.24) is 14.8 Å². The minimum atomic E-state index is -4.80. The van der Waals surface area contributed by atoms with E-state index in [1.54, 1.807) is 51.2 Å². The summed E-state index contributed by atoms with van der Waals surface area (Å²) in [7, 11) is 1.60. The molecule has 0 aliphatic rings. The first-order valence-electron chi connectivity index (χ1n) is 10.8. The third-order valence-corrected chi connectivity index (χ3v) is 5.40. The van der Waals surface area contributed by atoms with Crippen molar-refractivity contribution in [3.63, 3.8) is 0 Å². The summed E-state index contributed by atoms with van der Waals surface area (Å²) in [6.07, 6.45) is -3.27. The summed E-state index contributed by atoms with van der Waals surface area (Å²) in [6.45, 7) is 3.14. The number of pyridine rings is 1. The van der Waals surface area contributed by atoms with Crippen LogP contribution in [-0.4, -0.2) is 25.8 Å². The van der Waals surface area contributed by atoms with E-state index in [-0.39, 0.29) is 16.9 Å². The number of carbonyl (C=O) groups excluding carboxylic acids is 1. The van der Waals surface area contributed by atoms with Gasteiger partial charge in [-0.1, -0.05) is 42.5 Å². The molecule has 0 aliphatic carbocycles. The molecule has 1 amide bonds. The smallest absolute Gasteiger partial charge is 0.384 e. The summed E-state index contributed by atoms with van der Waals surface area (Å²) in [4.78, 5) is 17.7. The van der Waals surface area contributed by atoms with Crippen LogP contribution in [0.3, 0.4) is 0 Å². The highest BCUT2D eigenvalue weighted by atomic mass is 19.4. The zero-order valence-corrected chi connectivity index (χ0v) is 19.3. The van der Waals surface area contributed by atoms with Gasteiger partial charge in [0.15, 0.2) is 0 Å². The highest BCUT2D eigenvalue weighted by Crippen LogP contribution is 2.39. The molecule has 6 nitrogen and oxygen atoms in total. The van der Waals surface area contributed by atoms with Gasteiger partial charge >= 0.3 is 6.18 Å². The van der Waals surface area contributed by atoms with Crippen LogP contribution in [0.4, 0.5) is 18.9 Å². The zero-order valence-electron chi connectivity index (χ0n) is 19.3. The summed E-state index contributed by atoms with van der Waals surface area (Å²) in [5.41, 5.74) is -1.43. The highest BCUT2D eigenvalue weighted by molar-refractivity contribution is 6.08. The topological polar surface area (TPSA) is 80.0 Å². The lowest BCUT2D eigenvalue weighted by Crippen LogP contribution is -2.21. The Labute approximate surface area is 200 Å². The van der Waals surface area contributed by atoms with Gasteiger partial charge in [0, 0.05) is 24.4 Å². The van der Waals surface area contributed by atoms with Crippen LogP contribution < -0.4 is 5.32 Å². The molecule has 0 bridgehead atoms. The first kappa shape index (κ1) is 24.2. The number of hydrogen-bond acceptors (Lipinski definition) is 4. The summed E-state index contributed by atoms with van der Waals surface area (Å²) in [6, 6.07) is 17.2. The number of hydrogen-bond donors (Lipinski definition) is 2. The molecule has 0 saturated heterocycles. The molecule has 9 heteroatoms. The van der Waals surface area contributed by atoms with E-state index in [1.165, 1.54) is 41.2 Å². The molecule has 35 heavy (non-hydrogen) atoms. The number of alkyl halides is 3. The number of amides is 1. The predicted octanol–water partition coefficient (Wildman–Crippen LogP) is 5.65. The predicted molar refractivity (Wildman–Crippen MR) is 127 cm³/mol. The first-order valence-corrected chi connectivity index (χ1v) is 10.8. The Morgan fingerprint density at radius 2 is 1.69 bits per heavy atom. The van der Waals surface area contributed by atoms with E-state index in [2.05, 4.69) is 15.4 Å². The molecule has 2 aromatic heterocycles. The van der Waals surface area contributed by atoms with Gasteiger partial charge in [-0.05, 0) is 38.1 Å². The van der Waals surface area contributed by atoms with Gasteiger partial charge < -0.3 is 10.4 Å². The molecule has 0 aliphatic heterocycles. The number of halogens is 3. The second kappa shape index (κ2) is 8.99. The van der Waals surface area contributed by atoms with Gasteiger partial charge in [0.1, 0.15) is 5.60 Å². The Hall–Kier alpha value is -3.98. The van der Waals surface area contributed by atoms with E-state index in [4.69, 9.17) is 0 Å². The minimum absolute atomic E-state index is 0.107. The molecule has 0 atom stereocenters. The molecule has 0 fully saturated rings. The van der Waals surface area contributed by atoms with Gasteiger partial charge in [-0.2, -0.15) is 18.3 Å². The SMILES string of the molecule is Cn1ccc(-c2cccc(C(=O)Nc3ccc(C(C)(C)O)nc3-c3ccccc3)c2C(F)(F)F)n1. The Morgan fingerprint density at radius 1 is 0.971 bits per heavy atom. The average molecular weight is 480 g/mol. The molecule has 4 aromatic rings. The Balaban J connectivity index is 1.81. The molecule has 0 unspecified atom stereocenters. The number of anilines is 1. The monoisotopic (exact) mass is 480 g/mol. The number of carbonyl (C=O) groups is 1. The maximum absolute atomic E-state index is 14.2. The highest BCUT2D eigenvalue weighted by Gasteiger charge is 2.38. The van der Waals surface area contributed by atoms with Crippen LogP contribution in [0, 0.1) is 0 Å². The number of aromatic nitrogens is 3. The number of nitrogens with zero attached hydrogens (tertiary/aromatic N) is 3. The van der Waals surface area contributed by atoms with E-state index in [9.17, 15) is 23.1 Å². The van der Waals surface area contributed by atoms with Crippen molar-refractivity contribution in [2.24, 2.45) is 7.05 Å². The van der Waals surface area contributed by atoms with E-state index in [1.807, 2.05) is 0 Å². The van der Waals surface area contributed by atoms with Crippen molar-refractivity contribution in [3.05, 3.63) is 89.7 Å². The van der Waals surface area contributed by atoms with Gasteiger partial charge in [-0.3, -0.25) is 9.48 Å². The van der Waals surface area contributed by atoms with Crippen molar-refractivity contribution < 1.29 is 23.1 Å². The molecule has 2 N–H and O–H groups in total. The summed E-state index contributed by atoms with van der Waals surface area (Å²) in [5, 5.41) is 17.1. The number of benzene rings is 2. The van der Waals surface area contributed by atoms with Gasteiger partial charge in [-0.25, -0.2) is 4.98 Å². The largest absolute Gasteiger partial charge is 0.417 e. The molecule has 2 aromatic carbocycles. The lowest BCUT2D eigenvalue weighted by Gasteiger charge is -2.20. The average Bonchev–Trinajstić information content (AvgIpc) is 3.24. The quantitative estimate of drug-likeness (QED) is 0.387. The second-order valence-electron chi connectivity index (χ2n) is 8.57. The summed E-state index contributed by atoms with van der Waals surface area (Å²) >= 11 is 0. The van der Waals surface area contributed by atoms with E-state index >= 15 is 0 Å². The molecular formula is C26H23F3N4O2. The van der Waals surface area contributed by atoms with Crippen LogP contribution in [0.15, 0.2) is 72.9 Å². The van der Waals surface area contributed by atoms with Gasteiger partial charge in [0.25, 0.3) is 5.91 Å². The fourth-order valence-corrected chi connectivity index (χ4v) is 3.73. The number of rotatable bonds is 5. The van der Waals surface area contributed by atoms with Crippen LogP contribution in [0.5, 0.6) is 0 Å². The molecule has 0 saturated carbocycles. The van der Waals surface area contributed by atoms with Gasteiger partial charge in [0.2, 0.25) is 0 Å². The lowest BCUT2D eigenvalue weighted by atomic mass is 9.97. The van der Waals surface area contributed by atoms with Crippen molar-refractivity contribution >= 4 is 11.6 Å². The number of aliphatic hydroxyl groups is 1. The molecule has 0 radical (unpaired) electrons. The normalized spacial score (nSPS) is 12.0. The molecule has 180 valence electrons. The van der Waals surface area contributed by atoms with Crippen LogP contribution >= 0.6 is 0 Å². The van der Waals surface area contributed by atoms with Crippen molar-refractivity contribution in [3.8, 4) is 22.5 Å². The van der Waals surface area contributed by atoms with Crippen LogP contribution in [0.2, 0.25) is 0 Å². The fourth-order valence-electron chi connectivity index (χ4n) is 3.73. The zero-order chi connectivity index (χ0) is 25.4. The minimum Gasteiger partial charge on any atom is -0.384 e. The molecule has 0 spiro atoms. The van der Waals surface area contributed by atoms with Gasteiger partial charge in [0.05, 0.1) is 33.9 Å². The fraction of sp³-hybridized carbons (Fsp3) is 0.192. The number of nitrogens with one attached hydrogen (secondary N) is 1. The third-order valence-electron chi connectivity index (χ3n) is 5.40. The van der Waals surface area contributed by atoms with Gasteiger partial charge in [-0.15, -0.1) is 0 Å². The molecule has 2 heterocycles. The van der Waals surface area contributed by atoms with Crippen LogP contribution in [-0.2, 0) is 18.8 Å². The molecular weight excluding hydrogens is 457 g/mol. The maximum atomic E-state index is 14.2. The standard InChI is InChI=1S/C26H23F3N4O2/c1-25(2,35)21-13-12-20(23(31-21)16-8-5-4-6-9-16)30-24(34)18-11-7-10-17(22(18)26(27,28)29)19-14-15-33(3)32-19/h4-15,35H,1-3H3,(H,30,34). The van der Waals surface area contributed by atoms with Crippen molar-refractivity contribution in [2.75, 3.05) is 5.32 Å². The molecule has 4 rings (SSSR count). The maximum Gasteiger partial charge on any atom is 0.417 e. The van der Waals surface area contributed by atoms with Crippen molar-refractivity contribution in [2.45, 2.75) is 25.6 Å². The first-order chi connectivity index (χ1) is 16.4. The van der Waals surface area contributed by atoms with E-state index < -0.39 is 28.8 Å². The van der Waals surface area contributed by atoms with Crippen LogP contribution in [0.1, 0.15) is 35.5 Å². The Morgan fingerprint density at radius 3 is 2.29 bits per heavy atom. The lowest BCUT2D eigenvalue weighted by molar-refractivity contribution is -0.137. The van der Waals surface area contributed by atoms with Crippen LogP contribution in [0.25, 0.3) is 22.5 Å². The van der Waals surface area contributed by atoms with Crippen molar-refractivity contribution in [1.29, 1.82) is 0 Å². The summed E-state index contributed by atoms with van der Waals surface area (Å²) in [5.74, 6) is -0.940. The number of aryl methyl sites for hydroxylation is 1. The van der Waals surface area contributed by atoms with E-state index in [0.717, 1.165) is 6.07 Å². The second-order valence-corrected chi connectivity index (χ2v) is 8.57. The Bertz CT molecular complexity index is 1370. The van der Waals surface area contributed by atoms with E-state index in [0.29, 0.717) is 17.0 Å². The Kier molecular flexibility index (Phi) is 6.21. The summed E-state index contributed by atoms with van der Waals surface area (Å²) < 4.78 is 43.9. The third kappa shape index (κ3) is 5.09.